The number of esters is 1. The normalized spacial score (nSPS) is 12.5. The zero-order chi connectivity index (χ0) is 21.1. The van der Waals surface area contributed by atoms with E-state index in [0.29, 0.717) is 12.2 Å². The van der Waals surface area contributed by atoms with Gasteiger partial charge in [-0.05, 0) is 43.0 Å². The minimum absolute atomic E-state index is 0.266. The van der Waals surface area contributed by atoms with Crippen molar-refractivity contribution in [3.05, 3.63) is 81.6 Å². The third kappa shape index (κ3) is 4.16. The van der Waals surface area contributed by atoms with Gasteiger partial charge in [-0.15, -0.1) is 0 Å². The number of carbonyl (C=O) groups is 2. The average molecular weight is 468 g/mol. The van der Waals surface area contributed by atoms with E-state index < -0.39 is 5.97 Å². The second kappa shape index (κ2) is 8.83. The van der Waals surface area contributed by atoms with Gasteiger partial charge < -0.3 is 9.64 Å². The Bertz CT molecular complexity index is 1080. The van der Waals surface area contributed by atoms with Crippen LogP contribution in [0.2, 0.25) is 0 Å². The molecule has 2 aromatic carbocycles. The minimum atomic E-state index is -0.550. The summed E-state index contributed by atoms with van der Waals surface area (Å²) >= 11 is 3.48. The summed E-state index contributed by atoms with van der Waals surface area (Å²) in [5.74, 6) is -0.816. The number of nitrogens with zero attached hydrogens (tertiary/aromatic N) is 3. The number of amides is 1. The van der Waals surface area contributed by atoms with Crippen LogP contribution in [0.15, 0.2) is 59.1 Å². The first-order valence-corrected chi connectivity index (χ1v) is 10.6. The Hall–Kier alpha value is -2.93. The quantitative estimate of drug-likeness (QED) is 0.515. The molecule has 0 saturated heterocycles. The van der Waals surface area contributed by atoms with Crippen LogP contribution in [0, 0.1) is 0 Å². The molecular formula is C23H22BrN3O3. The van der Waals surface area contributed by atoms with Gasteiger partial charge in [-0.25, -0.2) is 9.48 Å². The summed E-state index contributed by atoms with van der Waals surface area (Å²) in [6.07, 6.45) is 2.65. The van der Waals surface area contributed by atoms with Crippen LogP contribution >= 0.6 is 15.9 Å². The Morgan fingerprint density at radius 1 is 1.10 bits per heavy atom. The van der Waals surface area contributed by atoms with Crippen LogP contribution in [-0.2, 0) is 28.9 Å². The summed E-state index contributed by atoms with van der Waals surface area (Å²) in [5, 5.41) is 4.52. The Morgan fingerprint density at radius 3 is 2.60 bits per heavy atom. The largest absolute Gasteiger partial charge is 0.451 e. The number of carbonyl (C=O) groups excluding carboxylic acids is 2. The van der Waals surface area contributed by atoms with E-state index in [-0.39, 0.29) is 12.5 Å². The number of hydrogen-bond donors (Lipinski definition) is 0. The van der Waals surface area contributed by atoms with Crippen molar-refractivity contribution in [3.63, 3.8) is 0 Å². The lowest BCUT2D eigenvalue weighted by molar-refractivity contribution is -0.133. The lowest BCUT2D eigenvalue weighted by Crippen LogP contribution is -2.31. The smallest absolute Gasteiger partial charge is 0.359 e. The summed E-state index contributed by atoms with van der Waals surface area (Å²) in [5.41, 5.74) is 4.19. The average Bonchev–Trinajstić information content (AvgIpc) is 3.37. The molecule has 0 radical (unpaired) electrons. The van der Waals surface area contributed by atoms with Gasteiger partial charge in [-0.2, -0.15) is 5.10 Å². The van der Waals surface area contributed by atoms with Crippen LogP contribution in [0.5, 0.6) is 0 Å². The summed E-state index contributed by atoms with van der Waals surface area (Å²) in [4.78, 5) is 26.7. The monoisotopic (exact) mass is 467 g/mol. The first-order chi connectivity index (χ1) is 14.5. The fourth-order valence-electron chi connectivity index (χ4n) is 3.66. The molecule has 1 aromatic heterocycles. The number of fused-ring (bicyclic) bond motifs is 1. The Balaban J connectivity index is 1.43. The van der Waals surface area contributed by atoms with Crippen molar-refractivity contribution in [2.45, 2.75) is 25.8 Å². The molecule has 4 rings (SSSR count). The molecule has 7 heteroatoms. The van der Waals surface area contributed by atoms with Gasteiger partial charge in [0.25, 0.3) is 5.91 Å². The van der Waals surface area contributed by atoms with Crippen molar-refractivity contribution in [2.24, 2.45) is 0 Å². The molecule has 0 unspecified atom stereocenters. The summed E-state index contributed by atoms with van der Waals surface area (Å²) < 4.78 is 8.09. The molecule has 6 nitrogen and oxygen atoms in total. The highest BCUT2D eigenvalue weighted by atomic mass is 79.9. The first kappa shape index (κ1) is 20.3. The summed E-state index contributed by atoms with van der Waals surface area (Å²) in [7, 11) is 1.69. The van der Waals surface area contributed by atoms with Gasteiger partial charge in [0.05, 0.1) is 5.69 Å². The molecule has 0 saturated carbocycles. The molecule has 30 heavy (non-hydrogen) atoms. The van der Waals surface area contributed by atoms with Crippen LogP contribution in [0.4, 0.5) is 0 Å². The van der Waals surface area contributed by atoms with E-state index >= 15 is 0 Å². The maximum atomic E-state index is 12.7. The van der Waals surface area contributed by atoms with E-state index in [1.165, 1.54) is 0 Å². The zero-order valence-electron chi connectivity index (χ0n) is 16.7. The molecule has 0 aliphatic heterocycles. The Labute approximate surface area is 183 Å². The van der Waals surface area contributed by atoms with Crippen molar-refractivity contribution in [1.29, 1.82) is 0 Å². The van der Waals surface area contributed by atoms with E-state index in [9.17, 15) is 9.59 Å². The predicted octanol–water partition coefficient (Wildman–Crippen LogP) is 3.94. The topological polar surface area (TPSA) is 64.4 Å². The Morgan fingerprint density at radius 2 is 1.83 bits per heavy atom. The van der Waals surface area contributed by atoms with E-state index in [1.54, 1.807) is 11.9 Å². The standard InChI is InChI=1S/C23H22BrN3O3/c1-26(14-16-8-5-6-12-19(16)24)21(28)15-30-23(29)22-18-11-7-13-20(18)27(25-22)17-9-3-2-4-10-17/h2-6,8-10,12H,7,11,13-15H2,1H3. The van der Waals surface area contributed by atoms with Gasteiger partial charge in [0, 0.05) is 29.3 Å². The lowest BCUT2D eigenvalue weighted by Gasteiger charge is -2.18. The summed E-state index contributed by atoms with van der Waals surface area (Å²) in [6, 6.07) is 17.5. The molecule has 154 valence electrons. The number of likely N-dealkylation sites (N-methyl/N-ethyl adjacent to an activating group) is 1. The zero-order valence-corrected chi connectivity index (χ0v) is 18.3. The van der Waals surface area contributed by atoms with Gasteiger partial charge in [0.2, 0.25) is 0 Å². The third-order valence-corrected chi connectivity index (χ3v) is 6.02. The van der Waals surface area contributed by atoms with Crippen LogP contribution in [0.1, 0.15) is 33.7 Å². The lowest BCUT2D eigenvalue weighted by atomic mass is 10.2. The SMILES string of the molecule is CN(Cc1ccccc1Br)C(=O)COC(=O)c1nn(-c2ccccc2)c2c1CCC2. The van der Waals surface area contributed by atoms with E-state index in [4.69, 9.17) is 4.74 Å². The molecule has 0 spiro atoms. The van der Waals surface area contributed by atoms with E-state index in [0.717, 1.165) is 46.2 Å². The fraction of sp³-hybridized carbons (Fsp3) is 0.261. The number of benzene rings is 2. The molecule has 0 fully saturated rings. The molecular weight excluding hydrogens is 446 g/mol. The fourth-order valence-corrected chi connectivity index (χ4v) is 4.07. The summed E-state index contributed by atoms with van der Waals surface area (Å²) in [6.45, 7) is 0.114. The van der Waals surface area contributed by atoms with Crippen LogP contribution in [0.25, 0.3) is 5.69 Å². The number of para-hydroxylation sites is 1. The predicted molar refractivity (Wildman–Crippen MR) is 116 cm³/mol. The second-order valence-electron chi connectivity index (χ2n) is 7.29. The van der Waals surface area contributed by atoms with Crippen molar-refractivity contribution in [1.82, 2.24) is 14.7 Å². The Kier molecular flexibility index (Phi) is 5.99. The molecule has 0 bridgehead atoms. The van der Waals surface area contributed by atoms with Crippen LogP contribution < -0.4 is 0 Å². The van der Waals surface area contributed by atoms with Gasteiger partial charge >= 0.3 is 5.97 Å². The van der Waals surface area contributed by atoms with E-state index in [2.05, 4.69) is 21.0 Å². The van der Waals surface area contributed by atoms with E-state index in [1.807, 2.05) is 59.3 Å². The van der Waals surface area contributed by atoms with Crippen molar-refractivity contribution < 1.29 is 14.3 Å². The number of hydrogen-bond acceptors (Lipinski definition) is 4. The molecule has 1 heterocycles. The molecule has 3 aromatic rings. The van der Waals surface area contributed by atoms with Gasteiger partial charge in [-0.3, -0.25) is 4.79 Å². The molecule has 1 aliphatic rings. The van der Waals surface area contributed by atoms with Crippen molar-refractivity contribution in [2.75, 3.05) is 13.7 Å². The number of ether oxygens (including phenoxy) is 1. The highest BCUT2D eigenvalue weighted by Crippen LogP contribution is 2.28. The second-order valence-corrected chi connectivity index (χ2v) is 8.15. The van der Waals surface area contributed by atoms with Crippen LogP contribution in [0.3, 0.4) is 0 Å². The minimum Gasteiger partial charge on any atom is -0.451 e. The number of aromatic nitrogens is 2. The molecule has 1 amide bonds. The highest BCUT2D eigenvalue weighted by Gasteiger charge is 2.28. The first-order valence-electron chi connectivity index (χ1n) is 9.85. The van der Waals surface area contributed by atoms with Gasteiger partial charge in [0.15, 0.2) is 12.3 Å². The maximum absolute atomic E-state index is 12.7. The van der Waals surface area contributed by atoms with Gasteiger partial charge in [-0.1, -0.05) is 52.3 Å². The number of rotatable bonds is 6. The highest BCUT2D eigenvalue weighted by molar-refractivity contribution is 9.10. The van der Waals surface area contributed by atoms with Crippen LogP contribution in [-0.4, -0.2) is 40.2 Å². The molecule has 1 aliphatic carbocycles. The molecule has 0 atom stereocenters. The number of halogens is 1. The maximum Gasteiger partial charge on any atom is 0.359 e. The third-order valence-electron chi connectivity index (χ3n) is 5.24. The van der Waals surface area contributed by atoms with Crippen molar-refractivity contribution >= 4 is 27.8 Å². The van der Waals surface area contributed by atoms with Gasteiger partial charge in [0.1, 0.15) is 0 Å². The van der Waals surface area contributed by atoms with Crippen molar-refractivity contribution in [3.8, 4) is 5.69 Å². The molecule has 0 N–H and O–H groups in total.